The molecule has 114 valence electrons. The fourth-order valence-corrected chi connectivity index (χ4v) is 2.34. The molecule has 0 radical (unpaired) electrons. The van der Waals surface area contributed by atoms with Crippen LogP contribution in [0.15, 0.2) is 36.5 Å². The summed E-state index contributed by atoms with van der Waals surface area (Å²) in [5.74, 6) is 0.895. The summed E-state index contributed by atoms with van der Waals surface area (Å²) in [4.78, 5) is 23.2. The van der Waals surface area contributed by atoms with Crippen molar-refractivity contribution in [1.29, 1.82) is 0 Å². The molecular weight excluding hydrogens is 285 g/mol. The van der Waals surface area contributed by atoms with Crippen LogP contribution in [0.3, 0.4) is 0 Å². The van der Waals surface area contributed by atoms with Crippen LogP contribution in [-0.4, -0.2) is 47.5 Å². The lowest BCUT2D eigenvalue weighted by Gasteiger charge is -2.33. The first-order valence-electron chi connectivity index (χ1n) is 7.04. The van der Waals surface area contributed by atoms with Gasteiger partial charge in [0.05, 0.1) is 0 Å². The Morgan fingerprint density at radius 3 is 2.73 bits per heavy atom. The van der Waals surface area contributed by atoms with Crippen LogP contribution in [0.2, 0.25) is 0 Å². The van der Waals surface area contributed by atoms with E-state index in [1.165, 1.54) is 12.1 Å². The first kappa shape index (κ1) is 14.2. The third kappa shape index (κ3) is 3.30. The number of benzene rings is 1. The van der Waals surface area contributed by atoms with Gasteiger partial charge in [-0.3, -0.25) is 4.79 Å². The fraction of sp³-hybridized carbons (Fsp3) is 0.267. The molecule has 7 heteroatoms. The molecule has 6 nitrogen and oxygen atoms in total. The second-order valence-corrected chi connectivity index (χ2v) is 5.00. The Balaban J connectivity index is 1.71. The largest absolute Gasteiger partial charge is 0.353 e. The predicted molar refractivity (Wildman–Crippen MR) is 81.6 cm³/mol. The van der Waals surface area contributed by atoms with Crippen molar-refractivity contribution in [3.63, 3.8) is 0 Å². The highest BCUT2D eigenvalue weighted by Crippen LogP contribution is 2.18. The molecular formula is C15H16FN5O. The topological polar surface area (TPSA) is 61.4 Å². The third-order valence-electron chi connectivity index (χ3n) is 3.51. The Morgan fingerprint density at radius 2 is 2.00 bits per heavy atom. The summed E-state index contributed by atoms with van der Waals surface area (Å²) in [6.07, 6.45) is 2.53. The van der Waals surface area contributed by atoms with Gasteiger partial charge in [-0.05, 0) is 24.3 Å². The molecule has 2 heterocycles. The number of hydrogen-bond acceptors (Lipinski definition) is 5. The first-order chi connectivity index (χ1) is 10.7. The summed E-state index contributed by atoms with van der Waals surface area (Å²) in [6, 6.07) is 7.98. The molecule has 22 heavy (non-hydrogen) atoms. The first-order valence-corrected chi connectivity index (χ1v) is 7.04. The van der Waals surface area contributed by atoms with Gasteiger partial charge in [-0.2, -0.15) is 4.98 Å². The summed E-state index contributed by atoms with van der Waals surface area (Å²) in [6.45, 7) is 2.82. The van der Waals surface area contributed by atoms with Crippen LogP contribution in [0.4, 0.5) is 21.8 Å². The molecule has 2 aromatic rings. The molecule has 1 aliphatic heterocycles. The van der Waals surface area contributed by atoms with Gasteiger partial charge in [0.1, 0.15) is 11.6 Å². The number of nitrogens with zero attached hydrogens (tertiary/aromatic N) is 4. The minimum absolute atomic E-state index is 0.314. The van der Waals surface area contributed by atoms with E-state index in [-0.39, 0.29) is 5.82 Å². The predicted octanol–water partition coefficient (Wildman–Crippen LogP) is 1.64. The van der Waals surface area contributed by atoms with E-state index in [1.54, 1.807) is 23.2 Å². The van der Waals surface area contributed by atoms with Crippen LogP contribution >= 0.6 is 0 Å². The number of anilines is 3. The molecule has 0 atom stereocenters. The van der Waals surface area contributed by atoms with Crippen LogP contribution < -0.4 is 10.2 Å². The standard InChI is InChI=1S/C15H16FN5O/c16-12-2-1-3-13(10-12)18-15-17-5-4-14(19-15)21-8-6-20(11-22)7-9-21/h1-5,10-11H,6-9H2,(H,17,18,19). The molecule has 1 fully saturated rings. The number of piperazine rings is 1. The molecule has 3 rings (SSSR count). The Labute approximate surface area is 127 Å². The molecule has 0 aliphatic carbocycles. The highest BCUT2D eigenvalue weighted by molar-refractivity contribution is 5.55. The number of carbonyl (C=O) groups is 1. The van der Waals surface area contributed by atoms with Gasteiger partial charge in [-0.25, -0.2) is 9.37 Å². The quantitative estimate of drug-likeness (QED) is 0.870. The van der Waals surface area contributed by atoms with Gasteiger partial charge in [0.15, 0.2) is 0 Å². The summed E-state index contributed by atoms with van der Waals surface area (Å²) >= 11 is 0. The molecule has 1 saturated heterocycles. The second-order valence-electron chi connectivity index (χ2n) is 5.00. The maximum atomic E-state index is 13.2. The summed E-state index contributed by atoms with van der Waals surface area (Å²) in [5.41, 5.74) is 0.600. The van der Waals surface area contributed by atoms with E-state index in [0.29, 0.717) is 24.7 Å². The van der Waals surface area contributed by atoms with Gasteiger partial charge < -0.3 is 15.1 Å². The van der Waals surface area contributed by atoms with Gasteiger partial charge in [0.25, 0.3) is 0 Å². The average Bonchev–Trinajstić information content (AvgIpc) is 2.55. The zero-order valence-corrected chi connectivity index (χ0v) is 11.9. The number of aromatic nitrogens is 2. The minimum atomic E-state index is -0.314. The SMILES string of the molecule is O=CN1CCN(c2ccnc(Nc3cccc(F)c3)n2)CC1. The van der Waals surface area contributed by atoms with E-state index in [2.05, 4.69) is 20.2 Å². The van der Waals surface area contributed by atoms with Crippen molar-refractivity contribution in [3.8, 4) is 0 Å². The molecule has 1 aliphatic rings. The Kier molecular flexibility index (Phi) is 4.13. The molecule has 0 spiro atoms. The Hall–Kier alpha value is -2.70. The molecule has 1 amide bonds. The number of carbonyl (C=O) groups excluding carboxylic acids is 1. The zero-order valence-electron chi connectivity index (χ0n) is 11.9. The Bertz CT molecular complexity index is 658. The van der Waals surface area contributed by atoms with Crippen molar-refractivity contribution in [2.24, 2.45) is 0 Å². The van der Waals surface area contributed by atoms with Crippen molar-refractivity contribution < 1.29 is 9.18 Å². The van der Waals surface area contributed by atoms with E-state index >= 15 is 0 Å². The highest BCUT2D eigenvalue weighted by Gasteiger charge is 2.17. The number of rotatable bonds is 4. The molecule has 1 aromatic carbocycles. The van der Waals surface area contributed by atoms with E-state index in [4.69, 9.17) is 0 Å². The van der Waals surface area contributed by atoms with Crippen LogP contribution in [0.5, 0.6) is 0 Å². The number of amides is 1. The maximum absolute atomic E-state index is 13.2. The Morgan fingerprint density at radius 1 is 1.18 bits per heavy atom. The maximum Gasteiger partial charge on any atom is 0.229 e. The van der Waals surface area contributed by atoms with Crippen molar-refractivity contribution in [1.82, 2.24) is 14.9 Å². The number of hydrogen-bond donors (Lipinski definition) is 1. The van der Waals surface area contributed by atoms with Gasteiger partial charge in [0.2, 0.25) is 12.4 Å². The van der Waals surface area contributed by atoms with Gasteiger partial charge in [0, 0.05) is 38.1 Å². The molecule has 0 bridgehead atoms. The van der Waals surface area contributed by atoms with E-state index in [1.807, 2.05) is 6.07 Å². The molecule has 1 aromatic heterocycles. The lowest BCUT2D eigenvalue weighted by Crippen LogP contribution is -2.46. The molecule has 0 saturated carbocycles. The molecule has 1 N–H and O–H groups in total. The zero-order chi connectivity index (χ0) is 15.4. The van der Waals surface area contributed by atoms with Crippen LogP contribution in [0.1, 0.15) is 0 Å². The summed E-state index contributed by atoms with van der Waals surface area (Å²) in [7, 11) is 0. The van der Waals surface area contributed by atoms with E-state index < -0.39 is 0 Å². The van der Waals surface area contributed by atoms with Crippen LogP contribution in [0.25, 0.3) is 0 Å². The summed E-state index contributed by atoms with van der Waals surface area (Å²) < 4.78 is 13.2. The van der Waals surface area contributed by atoms with Crippen molar-refractivity contribution in [3.05, 3.63) is 42.3 Å². The van der Waals surface area contributed by atoms with Crippen LogP contribution in [-0.2, 0) is 4.79 Å². The second kappa shape index (κ2) is 6.38. The van der Waals surface area contributed by atoms with Crippen LogP contribution in [0, 0.1) is 5.82 Å². The summed E-state index contributed by atoms with van der Waals surface area (Å²) in [5, 5.41) is 2.99. The lowest BCUT2D eigenvalue weighted by atomic mass is 10.3. The van der Waals surface area contributed by atoms with Crippen molar-refractivity contribution in [2.45, 2.75) is 0 Å². The normalized spacial score (nSPS) is 14.8. The molecule has 0 unspecified atom stereocenters. The third-order valence-corrected chi connectivity index (χ3v) is 3.51. The van der Waals surface area contributed by atoms with Gasteiger partial charge in [-0.1, -0.05) is 6.07 Å². The monoisotopic (exact) mass is 301 g/mol. The van der Waals surface area contributed by atoms with E-state index in [9.17, 15) is 9.18 Å². The van der Waals surface area contributed by atoms with E-state index in [0.717, 1.165) is 25.3 Å². The minimum Gasteiger partial charge on any atom is -0.353 e. The fourth-order valence-electron chi connectivity index (χ4n) is 2.34. The van der Waals surface area contributed by atoms with Crippen molar-refractivity contribution in [2.75, 3.05) is 36.4 Å². The number of halogens is 1. The smallest absolute Gasteiger partial charge is 0.229 e. The van der Waals surface area contributed by atoms with Crippen molar-refractivity contribution >= 4 is 23.9 Å². The average molecular weight is 301 g/mol. The van der Waals surface area contributed by atoms with Gasteiger partial charge in [-0.15, -0.1) is 0 Å². The lowest BCUT2D eigenvalue weighted by molar-refractivity contribution is -0.118. The highest BCUT2D eigenvalue weighted by atomic mass is 19.1. The van der Waals surface area contributed by atoms with Gasteiger partial charge >= 0.3 is 0 Å². The number of nitrogens with one attached hydrogen (secondary N) is 1.